The maximum absolute atomic E-state index is 6.08. The Bertz CT molecular complexity index is 349. The van der Waals surface area contributed by atoms with Crippen LogP contribution in [0.15, 0.2) is 12.1 Å². The maximum atomic E-state index is 6.08. The lowest BCUT2D eigenvalue weighted by molar-refractivity contribution is 0.513. The van der Waals surface area contributed by atoms with Crippen LogP contribution >= 0.6 is 23.2 Å². The van der Waals surface area contributed by atoms with Crippen molar-refractivity contribution in [3.63, 3.8) is 0 Å². The van der Waals surface area contributed by atoms with Gasteiger partial charge in [-0.05, 0) is 29.5 Å². The van der Waals surface area contributed by atoms with Gasteiger partial charge in [-0.3, -0.25) is 0 Å². The fourth-order valence-corrected chi connectivity index (χ4v) is 2.31. The monoisotopic (exact) mass is 215 g/mol. The molecule has 0 fully saturated rings. The van der Waals surface area contributed by atoms with Gasteiger partial charge in [0.15, 0.2) is 0 Å². The Hall–Kier alpha value is -0.240. The largest absolute Gasteiger partial charge is 0.324 e. The Morgan fingerprint density at radius 1 is 1.38 bits per heavy atom. The molecule has 70 valence electrons. The van der Waals surface area contributed by atoms with Gasteiger partial charge >= 0.3 is 0 Å². The van der Waals surface area contributed by atoms with Crippen LogP contribution in [0.5, 0.6) is 0 Å². The van der Waals surface area contributed by atoms with Crippen LogP contribution in [0.2, 0.25) is 10.0 Å². The van der Waals surface area contributed by atoms with Crippen LogP contribution in [-0.2, 0) is 6.42 Å². The van der Waals surface area contributed by atoms with Crippen LogP contribution < -0.4 is 5.73 Å². The molecule has 0 heterocycles. The second kappa shape index (κ2) is 3.16. The first-order chi connectivity index (χ1) is 6.11. The summed E-state index contributed by atoms with van der Waals surface area (Å²) in [6.45, 7) is 2.13. The standard InChI is InChI=1S/C10H11Cl2N/c1-5-4-7-6(10(5)13)2-3-8(11)9(7)12/h2-3,5,10H,4,13H2,1H3. The summed E-state index contributed by atoms with van der Waals surface area (Å²) in [6.07, 6.45) is 0.940. The Labute approximate surface area is 87.8 Å². The molecule has 0 bridgehead atoms. The second-order valence-corrected chi connectivity index (χ2v) is 4.42. The summed E-state index contributed by atoms with van der Waals surface area (Å²) in [6, 6.07) is 3.92. The summed E-state index contributed by atoms with van der Waals surface area (Å²) in [4.78, 5) is 0. The normalized spacial score (nSPS) is 26.2. The van der Waals surface area contributed by atoms with E-state index in [9.17, 15) is 0 Å². The zero-order chi connectivity index (χ0) is 9.59. The molecule has 0 amide bonds. The highest BCUT2D eigenvalue weighted by Gasteiger charge is 2.28. The van der Waals surface area contributed by atoms with Gasteiger partial charge in [0, 0.05) is 6.04 Å². The van der Waals surface area contributed by atoms with Gasteiger partial charge in [0.2, 0.25) is 0 Å². The molecule has 2 unspecified atom stereocenters. The van der Waals surface area contributed by atoms with E-state index in [4.69, 9.17) is 28.9 Å². The van der Waals surface area contributed by atoms with Crippen LogP contribution in [0.1, 0.15) is 24.1 Å². The van der Waals surface area contributed by atoms with Crippen LogP contribution in [0.4, 0.5) is 0 Å². The summed E-state index contributed by atoms with van der Waals surface area (Å²) in [7, 11) is 0. The van der Waals surface area contributed by atoms with Crippen LogP contribution in [0.3, 0.4) is 0 Å². The van der Waals surface area contributed by atoms with E-state index >= 15 is 0 Å². The van der Waals surface area contributed by atoms with E-state index in [1.54, 1.807) is 0 Å². The minimum absolute atomic E-state index is 0.116. The molecule has 0 saturated carbocycles. The highest BCUT2D eigenvalue weighted by Crippen LogP contribution is 2.40. The van der Waals surface area contributed by atoms with Gasteiger partial charge in [0.05, 0.1) is 10.0 Å². The molecule has 1 aromatic carbocycles. The molecule has 2 rings (SSSR count). The van der Waals surface area contributed by atoms with Crippen molar-refractivity contribution in [3.05, 3.63) is 33.3 Å². The molecule has 2 atom stereocenters. The highest BCUT2D eigenvalue weighted by molar-refractivity contribution is 6.42. The minimum atomic E-state index is 0.116. The van der Waals surface area contributed by atoms with Gasteiger partial charge in [-0.2, -0.15) is 0 Å². The van der Waals surface area contributed by atoms with E-state index in [0.717, 1.165) is 17.5 Å². The number of hydrogen-bond acceptors (Lipinski definition) is 1. The summed E-state index contributed by atoms with van der Waals surface area (Å²) >= 11 is 12.0. The van der Waals surface area contributed by atoms with E-state index in [-0.39, 0.29) is 6.04 Å². The molecule has 1 aliphatic carbocycles. The molecule has 0 saturated heterocycles. The minimum Gasteiger partial charge on any atom is -0.324 e. The maximum Gasteiger partial charge on any atom is 0.0627 e. The van der Waals surface area contributed by atoms with Gasteiger partial charge in [-0.15, -0.1) is 0 Å². The van der Waals surface area contributed by atoms with Crippen molar-refractivity contribution in [2.75, 3.05) is 0 Å². The summed E-state index contributed by atoms with van der Waals surface area (Å²) in [5, 5.41) is 1.31. The van der Waals surface area contributed by atoms with Crippen molar-refractivity contribution in [2.45, 2.75) is 19.4 Å². The Balaban J connectivity index is 2.57. The molecule has 0 aliphatic heterocycles. The number of hydrogen-bond donors (Lipinski definition) is 1. The first kappa shape index (κ1) is 9.32. The molecule has 0 radical (unpaired) electrons. The van der Waals surface area contributed by atoms with Crippen molar-refractivity contribution in [1.29, 1.82) is 0 Å². The van der Waals surface area contributed by atoms with E-state index in [0.29, 0.717) is 16.0 Å². The number of halogens is 2. The second-order valence-electron chi connectivity index (χ2n) is 3.64. The summed E-state index contributed by atoms with van der Waals surface area (Å²) in [5.41, 5.74) is 8.30. The Morgan fingerprint density at radius 2 is 2.08 bits per heavy atom. The molecule has 1 aliphatic rings. The first-order valence-electron chi connectivity index (χ1n) is 4.33. The average Bonchev–Trinajstić information content (AvgIpc) is 2.38. The summed E-state index contributed by atoms with van der Waals surface area (Å²) < 4.78 is 0. The molecule has 1 nitrogen and oxygen atoms in total. The predicted octanol–water partition coefficient (Wildman–Crippen LogP) is 3.19. The fraction of sp³-hybridized carbons (Fsp3) is 0.400. The van der Waals surface area contributed by atoms with Crippen molar-refractivity contribution in [1.82, 2.24) is 0 Å². The predicted molar refractivity (Wildman–Crippen MR) is 56.3 cm³/mol. The van der Waals surface area contributed by atoms with Crippen molar-refractivity contribution in [3.8, 4) is 0 Å². The van der Waals surface area contributed by atoms with Gasteiger partial charge in [0.25, 0.3) is 0 Å². The molecular formula is C10H11Cl2N. The Kier molecular flexibility index (Phi) is 2.26. The lowest BCUT2D eigenvalue weighted by atomic mass is 10.0. The number of nitrogens with two attached hydrogens (primary N) is 1. The van der Waals surface area contributed by atoms with Gasteiger partial charge in [-0.25, -0.2) is 0 Å². The summed E-state index contributed by atoms with van der Waals surface area (Å²) in [5.74, 6) is 0.464. The van der Waals surface area contributed by atoms with Crippen molar-refractivity contribution in [2.24, 2.45) is 11.7 Å². The molecule has 1 aromatic rings. The lowest BCUT2D eigenvalue weighted by Crippen LogP contribution is -2.13. The van der Waals surface area contributed by atoms with E-state index in [2.05, 4.69) is 6.92 Å². The zero-order valence-corrected chi connectivity index (χ0v) is 8.86. The number of rotatable bonds is 0. The quantitative estimate of drug-likeness (QED) is 0.708. The SMILES string of the molecule is CC1Cc2c(ccc(Cl)c2Cl)C1N. The van der Waals surface area contributed by atoms with Crippen LogP contribution in [-0.4, -0.2) is 0 Å². The number of fused-ring (bicyclic) bond motifs is 1. The third kappa shape index (κ3) is 1.35. The molecule has 13 heavy (non-hydrogen) atoms. The van der Waals surface area contributed by atoms with Crippen LogP contribution in [0.25, 0.3) is 0 Å². The van der Waals surface area contributed by atoms with Crippen molar-refractivity contribution >= 4 is 23.2 Å². The topological polar surface area (TPSA) is 26.0 Å². The molecule has 0 aromatic heterocycles. The number of benzene rings is 1. The molecule has 2 N–H and O–H groups in total. The first-order valence-corrected chi connectivity index (χ1v) is 5.09. The van der Waals surface area contributed by atoms with Gasteiger partial charge in [-0.1, -0.05) is 36.2 Å². The lowest BCUT2D eigenvalue weighted by Gasteiger charge is -2.09. The molecule has 3 heteroatoms. The zero-order valence-electron chi connectivity index (χ0n) is 7.35. The van der Waals surface area contributed by atoms with E-state index in [1.807, 2.05) is 12.1 Å². The molecular weight excluding hydrogens is 205 g/mol. The van der Waals surface area contributed by atoms with Crippen molar-refractivity contribution < 1.29 is 0 Å². The molecule has 0 spiro atoms. The third-order valence-corrected chi connectivity index (χ3v) is 3.57. The average molecular weight is 216 g/mol. The highest BCUT2D eigenvalue weighted by atomic mass is 35.5. The third-order valence-electron chi connectivity index (χ3n) is 2.73. The Morgan fingerprint density at radius 3 is 2.77 bits per heavy atom. The van der Waals surface area contributed by atoms with Gasteiger partial charge in [0.1, 0.15) is 0 Å². The van der Waals surface area contributed by atoms with E-state index < -0.39 is 0 Å². The van der Waals surface area contributed by atoms with Crippen LogP contribution in [0, 0.1) is 5.92 Å². The smallest absolute Gasteiger partial charge is 0.0627 e. The van der Waals surface area contributed by atoms with Gasteiger partial charge < -0.3 is 5.73 Å². The fourth-order valence-electron chi connectivity index (χ4n) is 1.88. The van der Waals surface area contributed by atoms with E-state index in [1.165, 1.54) is 0 Å².